The molecular formula is C10H9ClFNO2. The largest absolute Gasteiger partial charge is 0.458 e. The fraction of sp³-hybridized carbons (Fsp3) is 0.100. The maximum atomic E-state index is 12.9. The minimum atomic E-state index is -0.666. The van der Waals surface area contributed by atoms with Crippen molar-refractivity contribution in [1.29, 1.82) is 0 Å². The van der Waals surface area contributed by atoms with E-state index in [1.165, 1.54) is 6.08 Å². The van der Waals surface area contributed by atoms with Crippen molar-refractivity contribution in [3.05, 3.63) is 41.2 Å². The first-order valence-electron chi connectivity index (χ1n) is 4.08. The summed E-state index contributed by atoms with van der Waals surface area (Å²) in [7, 11) is 0. The van der Waals surface area contributed by atoms with Crippen LogP contribution in [0.1, 0.15) is 10.4 Å². The first-order valence-corrected chi connectivity index (χ1v) is 4.46. The van der Waals surface area contributed by atoms with Crippen molar-refractivity contribution >= 4 is 23.3 Å². The molecule has 15 heavy (non-hydrogen) atoms. The van der Waals surface area contributed by atoms with E-state index in [1.54, 1.807) is 0 Å². The molecular weight excluding hydrogens is 221 g/mol. The Morgan fingerprint density at radius 3 is 2.93 bits per heavy atom. The van der Waals surface area contributed by atoms with E-state index < -0.39 is 11.8 Å². The Bertz CT molecular complexity index is 407. The SMILES string of the molecule is C=CCOC(=O)c1cc(N)c(F)cc1Cl. The number of nitrogen functional groups attached to an aromatic ring is 1. The Balaban J connectivity index is 2.98. The molecule has 0 saturated carbocycles. The van der Waals surface area contributed by atoms with E-state index in [2.05, 4.69) is 6.58 Å². The molecule has 5 heteroatoms. The van der Waals surface area contributed by atoms with Crippen LogP contribution in [0.4, 0.5) is 10.1 Å². The van der Waals surface area contributed by atoms with Gasteiger partial charge >= 0.3 is 5.97 Å². The normalized spacial score (nSPS) is 9.73. The molecule has 0 radical (unpaired) electrons. The van der Waals surface area contributed by atoms with Gasteiger partial charge in [0.25, 0.3) is 0 Å². The number of ether oxygens (including phenoxy) is 1. The Morgan fingerprint density at radius 2 is 2.33 bits per heavy atom. The third-order valence-corrected chi connectivity index (χ3v) is 1.95. The summed E-state index contributed by atoms with van der Waals surface area (Å²) >= 11 is 5.65. The summed E-state index contributed by atoms with van der Waals surface area (Å²) in [5.74, 6) is -1.33. The van der Waals surface area contributed by atoms with Gasteiger partial charge in [0.2, 0.25) is 0 Å². The minimum absolute atomic E-state index is 0.0317. The average Bonchev–Trinajstić information content (AvgIpc) is 2.20. The van der Waals surface area contributed by atoms with E-state index in [1.807, 2.05) is 0 Å². The van der Waals surface area contributed by atoms with Crippen LogP contribution < -0.4 is 5.73 Å². The van der Waals surface area contributed by atoms with Gasteiger partial charge in [0.05, 0.1) is 16.3 Å². The summed E-state index contributed by atoms with van der Waals surface area (Å²) in [4.78, 5) is 11.4. The molecule has 0 amide bonds. The highest BCUT2D eigenvalue weighted by molar-refractivity contribution is 6.33. The van der Waals surface area contributed by atoms with Crippen LogP contribution in [-0.4, -0.2) is 12.6 Å². The van der Waals surface area contributed by atoms with Crippen LogP contribution in [0, 0.1) is 5.82 Å². The lowest BCUT2D eigenvalue weighted by Gasteiger charge is -2.05. The molecule has 2 N–H and O–H groups in total. The highest BCUT2D eigenvalue weighted by atomic mass is 35.5. The first kappa shape index (κ1) is 11.5. The fourth-order valence-electron chi connectivity index (χ4n) is 0.935. The van der Waals surface area contributed by atoms with Crippen LogP contribution in [0.5, 0.6) is 0 Å². The van der Waals surface area contributed by atoms with Crippen molar-refractivity contribution in [3.63, 3.8) is 0 Å². The molecule has 0 spiro atoms. The van der Waals surface area contributed by atoms with E-state index in [0.29, 0.717) is 0 Å². The van der Waals surface area contributed by atoms with Gasteiger partial charge in [-0.15, -0.1) is 0 Å². The van der Waals surface area contributed by atoms with Gasteiger partial charge < -0.3 is 10.5 Å². The Kier molecular flexibility index (Phi) is 3.68. The topological polar surface area (TPSA) is 52.3 Å². The van der Waals surface area contributed by atoms with Gasteiger partial charge in [0.15, 0.2) is 0 Å². The third-order valence-electron chi connectivity index (χ3n) is 1.64. The number of hydrogen-bond acceptors (Lipinski definition) is 3. The van der Waals surface area contributed by atoms with Gasteiger partial charge in [-0.05, 0) is 12.1 Å². The number of carbonyl (C=O) groups is 1. The van der Waals surface area contributed by atoms with Crippen LogP contribution in [-0.2, 0) is 4.74 Å². The zero-order valence-corrected chi connectivity index (χ0v) is 8.55. The van der Waals surface area contributed by atoms with Crippen LogP contribution in [0.15, 0.2) is 24.8 Å². The molecule has 1 aromatic rings. The molecule has 0 unspecified atom stereocenters. The zero-order valence-electron chi connectivity index (χ0n) is 7.80. The molecule has 0 bridgehead atoms. The zero-order chi connectivity index (χ0) is 11.4. The highest BCUT2D eigenvalue weighted by Crippen LogP contribution is 2.22. The average molecular weight is 230 g/mol. The molecule has 0 fully saturated rings. The van der Waals surface area contributed by atoms with E-state index in [0.717, 1.165) is 12.1 Å². The summed E-state index contributed by atoms with van der Waals surface area (Å²) < 4.78 is 17.6. The van der Waals surface area contributed by atoms with Crippen LogP contribution in [0.25, 0.3) is 0 Å². The molecule has 0 aliphatic carbocycles. The Morgan fingerprint density at radius 1 is 1.67 bits per heavy atom. The second-order valence-electron chi connectivity index (χ2n) is 2.74. The van der Waals surface area contributed by atoms with E-state index >= 15 is 0 Å². The van der Waals surface area contributed by atoms with Gasteiger partial charge in [-0.1, -0.05) is 24.3 Å². The predicted molar refractivity (Wildman–Crippen MR) is 56.3 cm³/mol. The molecule has 0 aliphatic heterocycles. The van der Waals surface area contributed by atoms with Crippen molar-refractivity contribution < 1.29 is 13.9 Å². The van der Waals surface area contributed by atoms with E-state index in [-0.39, 0.29) is 22.9 Å². The third kappa shape index (κ3) is 2.70. The summed E-state index contributed by atoms with van der Waals surface area (Å²) in [5, 5.41) is -0.0317. The molecule has 0 aliphatic rings. The first-order chi connectivity index (χ1) is 7.06. The molecule has 0 atom stereocenters. The summed E-state index contributed by atoms with van der Waals surface area (Å²) in [6, 6.07) is 2.12. The monoisotopic (exact) mass is 229 g/mol. The number of rotatable bonds is 3. The number of nitrogens with two attached hydrogens (primary N) is 1. The second-order valence-corrected chi connectivity index (χ2v) is 3.15. The number of anilines is 1. The van der Waals surface area contributed by atoms with Gasteiger partial charge in [-0.2, -0.15) is 0 Å². The van der Waals surface area contributed by atoms with Crippen molar-refractivity contribution in [1.82, 2.24) is 0 Å². The van der Waals surface area contributed by atoms with E-state index in [4.69, 9.17) is 22.1 Å². The smallest absolute Gasteiger partial charge is 0.340 e. The van der Waals surface area contributed by atoms with Crippen LogP contribution >= 0.6 is 11.6 Å². The molecule has 80 valence electrons. The van der Waals surface area contributed by atoms with Crippen LogP contribution in [0.2, 0.25) is 5.02 Å². The number of carbonyl (C=O) groups excluding carboxylic acids is 1. The van der Waals surface area contributed by atoms with Crippen molar-refractivity contribution in [2.75, 3.05) is 12.3 Å². The van der Waals surface area contributed by atoms with Gasteiger partial charge in [0, 0.05) is 0 Å². The molecule has 0 aromatic heterocycles. The number of halogens is 2. The number of benzene rings is 1. The number of esters is 1. The maximum Gasteiger partial charge on any atom is 0.340 e. The van der Waals surface area contributed by atoms with Gasteiger partial charge in [0.1, 0.15) is 12.4 Å². The standard InChI is InChI=1S/C10H9ClFNO2/c1-2-3-15-10(14)6-4-9(13)8(12)5-7(6)11/h2,4-5H,1,3,13H2. The van der Waals surface area contributed by atoms with Gasteiger partial charge in [-0.3, -0.25) is 0 Å². The summed E-state index contributed by atoms with van der Waals surface area (Å²) in [5.41, 5.74) is 5.19. The maximum absolute atomic E-state index is 12.9. The molecule has 0 heterocycles. The number of hydrogen-bond donors (Lipinski definition) is 1. The Labute approximate surface area is 91.3 Å². The van der Waals surface area contributed by atoms with Crippen molar-refractivity contribution in [2.24, 2.45) is 0 Å². The lowest BCUT2D eigenvalue weighted by molar-refractivity contribution is 0.0550. The summed E-state index contributed by atoms with van der Waals surface area (Å²) in [6.45, 7) is 3.45. The molecule has 0 saturated heterocycles. The van der Waals surface area contributed by atoms with Crippen molar-refractivity contribution in [2.45, 2.75) is 0 Å². The predicted octanol–water partition coefficient (Wildman–Crippen LogP) is 2.40. The molecule has 1 aromatic carbocycles. The lowest BCUT2D eigenvalue weighted by Crippen LogP contribution is -2.07. The minimum Gasteiger partial charge on any atom is -0.458 e. The highest BCUT2D eigenvalue weighted by Gasteiger charge is 2.14. The summed E-state index contributed by atoms with van der Waals surface area (Å²) in [6.07, 6.45) is 1.42. The second kappa shape index (κ2) is 4.79. The molecule has 3 nitrogen and oxygen atoms in total. The fourth-order valence-corrected chi connectivity index (χ4v) is 1.16. The van der Waals surface area contributed by atoms with Crippen LogP contribution in [0.3, 0.4) is 0 Å². The van der Waals surface area contributed by atoms with E-state index in [9.17, 15) is 9.18 Å². The lowest BCUT2D eigenvalue weighted by atomic mass is 10.2. The molecule has 1 rings (SSSR count). The quantitative estimate of drug-likeness (QED) is 0.492. The Hall–Kier alpha value is -1.55. The van der Waals surface area contributed by atoms with Crippen molar-refractivity contribution in [3.8, 4) is 0 Å². The van der Waals surface area contributed by atoms with Gasteiger partial charge in [-0.25, -0.2) is 9.18 Å².